The zero-order valence-electron chi connectivity index (χ0n) is 24.3. The predicted octanol–water partition coefficient (Wildman–Crippen LogP) is 3.87. The normalized spacial score (nSPS) is 33.5. The van der Waals surface area contributed by atoms with Gasteiger partial charge in [-0.15, -0.1) is 0 Å². The van der Waals surface area contributed by atoms with E-state index in [1.165, 1.54) is 0 Å². The number of anilines is 1. The molecule has 0 aromatic heterocycles. The number of cyclic esters (lactones) is 1. The fourth-order valence-corrected chi connectivity index (χ4v) is 7.46. The van der Waals surface area contributed by atoms with Gasteiger partial charge in [-0.05, 0) is 56.6 Å². The first-order valence-corrected chi connectivity index (χ1v) is 14.6. The summed E-state index contributed by atoms with van der Waals surface area (Å²) in [5, 5.41) is 10.6. The maximum atomic E-state index is 14.8. The van der Waals surface area contributed by atoms with Crippen LogP contribution < -0.4 is 4.90 Å². The molecule has 4 heterocycles. The minimum absolute atomic E-state index is 0.168. The standard InChI is InChI=1S/C32H42N2O6/c1-6-31-14-8-7-9-17-39-30(38)25(31)24-28(36)34(23(19-35)18-20(2)3)27-29(37)33(16-11-15-32(24,27)40-31)26-21(4)12-10-13-22(26)5/h8,10-15,20,23-25,27,35H,6-7,9,16-19H2,1-5H3/b14-8-/t23-,24+,25-,27?,31+,32+/m1/s1. The highest BCUT2D eigenvalue weighted by Gasteiger charge is 2.76. The summed E-state index contributed by atoms with van der Waals surface area (Å²) in [5.41, 5.74) is 0.240. The number of carbonyl (C=O) groups is 3. The fourth-order valence-electron chi connectivity index (χ4n) is 7.46. The molecule has 1 aromatic rings. The van der Waals surface area contributed by atoms with Crippen LogP contribution in [0.1, 0.15) is 57.6 Å². The highest BCUT2D eigenvalue weighted by atomic mass is 16.6. The number of para-hydroxylation sites is 1. The van der Waals surface area contributed by atoms with E-state index >= 15 is 0 Å². The molecule has 1 N–H and O–H groups in total. The Morgan fingerprint density at radius 1 is 1.05 bits per heavy atom. The molecule has 5 rings (SSSR count). The molecule has 40 heavy (non-hydrogen) atoms. The molecule has 0 radical (unpaired) electrons. The minimum atomic E-state index is -1.38. The number of rotatable bonds is 6. The molecule has 1 aromatic carbocycles. The van der Waals surface area contributed by atoms with E-state index in [1.807, 2.05) is 77.1 Å². The van der Waals surface area contributed by atoms with E-state index in [-0.39, 0.29) is 30.9 Å². The van der Waals surface area contributed by atoms with Crippen molar-refractivity contribution in [3.63, 3.8) is 0 Å². The van der Waals surface area contributed by atoms with Gasteiger partial charge in [0.2, 0.25) is 5.91 Å². The van der Waals surface area contributed by atoms with Crippen molar-refractivity contribution >= 4 is 23.5 Å². The van der Waals surface area contributed by atoms with Gasteiger partial charge in [-0.25, -0.2) is 0 Å². The molecule has 1 spiro atoms. The van der Waals surface area contributed by atoms with Crippen LogP contribution in [0, 0.1) is 31.6 Å². The average molecular weight is 551 g/mol. The number of hydrogen-bond donors (Lipinski definition) is 1. The fraction of sp³-hybridized carbons (Fsp3) is 0.594. The Hall–Kier alpha value is -2.97. The van der Waals surface area contributed by atoms with Gasteiger partial charge in [-0.3, -0.25) is 14.4 Å². The molecule has 0 saturated carbocycles. The van der Waals surface area contributed by atoms with Crippen LogP contribution in [-0.2, 0) is 23.9 Å². The van der Waals surface area contributed by atoms with Gasteiger partial charge in [0.25, 0.3) is 5.91 Å². The van der Waals surface area contributed by atoms with E-state index in [0.717, 1.165) is 23.2 Å². The molecule has 2 fully saturated rings. The number of fused-ring (bicyclic) bond motifs is 2. The maximum absolute atomic E-state index is 14.8. The van der Waals surface area contributed by atoms with Crippen LogP contribution >= 0.6 is 0 Å². The van der Waals surface area contributed by atoms with E-state index in [2.05, 4.69) is 0 Å². The van der Waals surface area contributed by atoms with Gasteiger partial charge in [-0.1, -0.05) is 63.3 Å². The lowest BCUT2D eigenvalue weighted by molar-refractivity contribution is -0.161. The first-order chi connectivity index (χ1) is 19.1. The third-order valence-corrected chi connectivity index (χ3v) is 9.13. The van der Waals surface area contributed by atoms with Gasteiger partial charge in [0.15, 0.2) is 0 Å². The molecule has 216 valence electrons. The van der Waals surface area contributed by atoms with Gasteiger partial charge in [0.05, 0.1) is 25.2 Å². The van der Waals surface area contributed by atoms with Crippen molar-refractivity contribution in [2.75, 3.05) is 24.7 Å². The Bertz CT molecular complexity index is 1220. The molecule has 0 bridgehead atoms. The van der Waals surface area contributed by atoms with Crippen molar-refractivity contribution in [3.8, 4) is 0 Å². The van der Waals surface area contributed by atoms with Gasteiger partial charge >= 0.3 is 5.97 Å². The summed E-state index contributed by atoms with van der Waals surface area (Å²) in [6.45, 7) is 10.2. The monoisotopic (exact) mass is 550 g/mol. The molecule has 8 nitrogen and oxygen atoms in total. The molecule has 4 aliphatic rings. The van der Waals surface area contributed by atoms with E-state index in [1.54, 1.807) is 9.80 Å². The summed E-state index contributed by atoms with van der Waals surface area (Å²) in [6, 6.07) is 4.26. The number of ether oxygens (including phenoxy) is 2. The van der Waals surface area contributed by atoms with Crippen molar-refractivity contribution in [1.82, 2.24) is 4.90 Å². The lowest BCUT2D eigenvalue weighted by Gasteiger charge is -2.41. The van der Waals surface area contributed by atoms with Gasteiger partial charge in [0, 0.05) is 12.2 Å². The Kier molecular flexibility index (Phi) is 7.70. The molecule has 4 aliphatic heterocycles. The molecule has 8 heteroatoms. The van der Waals surface area contributed by atoms with Gasteiger partial charge in [0.1, 0.15) is 23.2 Å². The van der Waals surface area contributed by atoms with Crippen LogP contribution in [0.5, 0.6) is 0 Å². The van der Waals surface area contributed by atoms with Crippen LogP contribution in [0.3, 0.4) is 0 Å². The highest BCUT2D eigenvalue weighted by molar-refractivity contribution is 6.06. The molecule has 6 atom stereocenters. The quantitative estimate of drug-likeness (QED) is 0.427. The number of aliphatic hydroxyl groups excluding tert-OH is 1. The number of aliphatic hydroxyl groups is 1. The zero-order chi connectivity index (χ0) is 28.8. The highest BCUT2D eigenvalue weighted by Crippen LogP contribution is 2.59. The number of aryl methyl sites for hydroxylation is 2. The van der Waals surface area contributed by atoms with E-state index in [9.17, 15) is 19.5 Å². The predicted molar refractivity (Wildman–Crippen MR) is 152 cm³/mol. The molecule has 2 amide bonds. The number of hydrogen-bond acceptors (Lipinski definition) is 6. The number of benzene rings is 1. The average Bonchev–Trinajstić information content (AvgIpc) is 3.30. The van der Waals surface area contributed by atoms with E-state index < -0.39 is 41.1 Å². The number of esters is 1. The van der Waals surface area contributed by atoms with Crippen molar-refractivity contribution in [1.29, 1.82) is 0 Å². The Morgan fingerprint density at radius 2 is 1.77 bits per heavy atom. The number of likely N-dealkylation sites (tertiary alicyclic amines) is 1. The van der Waals surface area contributed by atoms with Gasteiger partial charge < -0.3 is 24.4 Å². The minimum Gasteiger partial charge on any atom is -0.465 e. The number of nitrogens with zero attached hydrogens (tertiary/aromatic N) is 2. The van der Waals surface area contributed by atoms with Crippen molar-refractivity contribution in [3.05, 3.63) is 53.6 Å². The summed E-state index contributed by atoms with van der Waals surface area (Å²) in [4.78, 5) is 46.4. The summed E-state index contributed by atoms with van der Waals surface area (Å²) >= 11 is 0. The third kappa shape index (κ3) is 4.31. The zero-order valence-corrected chi connectivity index (χ0v) is 24.3. The first kappa shape index (κ1) is 28.6. The molecule has 2 saturated heterocycles. The van der Waals surface area contributed by atoms with Crippen molar-refractivity contribution < 1.29 is 29.0 Å². The number of carbonyl (C=O) groups excluding carboxylic acids is 3. The van der Waals surface area contributed by atoms with E-state index in [0.29, 0.717) is 25.8 Å². The first-order valence-electron chi connectivity index (χ1n) is 14.6. The number of amides is 2. The molecular weight excluding hydrogens is 508 g/mol. The SMILES string of the molecule is CC[C@]12/C=C\CCCOC(=O)[C@H]1[C@H]1C(=O)N([C@@H](CO)CC(C)C)C3C(=O)N(c4c(C)cccc4C)CC=C[C@@]31O2. The second kappa shape index (κ2) is 10.8. The van der Waals surface area contributed by atoms with Gasteiger partial charge in [-0.2, -0.15) is 0 Å². The second-order valence-corrected chi connectivity index (χ2v) is 12.1. The lowest BCUT2D eigenvalue weighted by atomic mass is 9.73. The van der Waals surface area contributed by atoms with Crippen LogP contribution in [-0.4, -0.2) is 70.8 Å². The molecular formula is C32H42N2O6. The van der Waals surface area contributed by atoms with Crippen LogP contribution in [0.4, 0.5) is 5.69 Å². The van der Waals surface area contributed by atoms with Crippen LogP contribution in [0.15, 0.2) is 42.5 Å². The summed E-state index contributed by atoms with van der Waals surface area (Å²) in [6.07, 6.45) is 10.1. The second-order valence-electron chi connectivity index (χ2n) is 12.1. The molecule has 1 unspecified atom stereocenters. The summed E-state index contributed by atoms with van der Waals surface area (Å²) < 4.78 is 12.7. The summed E-state index contributed by atoms with van der Waals surface area (Å²) in [7, 11) is 0. The molecule has 0 aliphatic carbocycles. The Balaban J connectivity index is 1.72. The number of allylic oxidation sites excluding steroid dienone is 1. The van der Waals surface area contributed by atoms with Crippen molar-refractivity contribution in [2.24, 2.45) is 17.8 Å². The lowest BCUT2D eigenvalue weighted by Crippen LogP contribution is -2.59. The van der Waals surface area contributed by atoms with Crippen LogP contribution in [0.2, 0.25) is 0 Å². The van der Waals surface area contributed by atoms with Crippen LogP contribution in [0.25, 0.3) is 0 Å². The van der Waals surface area contributed by atoms with E-state index in [4.69, 9.17) is 9.47 Å². The Labute approximate surface area is 237 Å². The smallest absolute Gasteiger partial charge is 0.313 e. The topological polar surface area (TPSA) is 96.4 Å². The van der Waals surface area contributed by atoms with Crippen molar-refractivity contribution in [2.45, 2.75) is 83.6 Å². The largest absolute Gasteiger partial charge is 0.465 e. The summed E-state index contributed by atoms with van der Waals surface area (Å²) in [5.74, 6) is -2.76. The Morgan fingerprint density at radius 3 is 2.42 bits per heavy atom. The third-order valence-electron chi connectivity index (χ3n) is 9.13. The maximum Gasteiger partial charge on any atom is 0.313 e.